The second-order valence-electron chi connectivity index (χ2n) is 5.36. The van der Waals surface area contributed by atoms with Crippen molar-refractivity contribution in [2.75, 3.05) is 24.6 Å². The molecule has 0 radical (unpaired) electrons. The molecule has 19 heavy (non-hydrogen) atoms. The number of rotatable bonds is 4. The monoisotopic (exact) mass is 286 g/mol. The second-order valence-corrected chi connectivity index (χ2v) is 6.51. The average Bonchev–Trinajstić information content (AvgIpc) is 2.89. The van der Waals surface area contributed by atoms with Crippen molar-refractivity contribution in [3.63, 3.8) is 0 Å². The van der Waals surface area contributed by atoms with Crippen molar-refractivity contribution in [1.29, 1.82) is 0 Å². The van der Waals surface area contributed by atoms with Gasteiger partial charge in [-0.25, -0.2) is 4.79 Å². The molecule has 2 rings (SSSR count). The quantitative estimate of drug-likeness (QED) is 0.826. The number of amides is 2. The molecule has 0 aromatic carbocycles. The van der Waals surface area contributed by atoms with Crippen LogP contribution < -0.4 is 5.32 Å². The van der Waals surface area contributed by atoms with Crippen LogP contribution in [-0.4, -0.2) is 52.6 Å². The Morgan fingerprint density at radius 1 is 1.32 bits per heavy atom. The molecule has 2 N–H and O–H groups in total. The molecule has 0 aromatic rings. The molecule has 1 aliphatic heterocycles. The largest absolute Gasteiger partial charge is 0.481 e. The first-order valence-corrected chi connectivity index (χ1v) is 8.16. The first kappa shape index (κ1) is 14.5. The summed E-state index contributed by atoms with van der Waals surface area (Å²) in [5.74, 6) is 1.40. The molecule has 1 unspecified atom stereocenters. The van der Waals surface area contributed by atoms with Crippen molar-refractivity contribution in [1.82, 2.24) is 10.2 Å². The van der Waals surface area contributed by atoms with Gasteiger partial charge in [0.05, 0.1) is 12.5 Å². The number of nitrogens with zero attached hydrogens (tertiary/aromatic N) is 1. The van der Waals surface area contributed by atoms with Gasteiger partial charge in [-0.2, -0.15) is 11.8 Å². The Hall–Kier alpha value is -0.910. The molecular weight excluding hydrogens is 264 g/mol. The summed E-state index contributed by atoms with van der Waals surface area (Å²) in [5.41, 5.74) is 0. The predicted molar refractivity (Wildman–Crippen MR) is 75.4 cm³/mol. The molecule has 1 heterocycles. The molecule has 0 spiro atoms. The molecule has 1 saturated carbocycles. The summed E-state index contributed by atoms with van der Waals surface area (Å²) >= 11 is 1.72. The number of carboxylic acid groups (broad SMARTS) is 1. The van der Waals surface area contributed by atoms with E-state index in [1.54, 1.807) is 16.7 Å². The third-order valence-electron chi connectivity index (χ3n) is 3.92. The van der Waals surface area contributed by atoms with Gasteiger partial charge in [-0.15, -0.1) is 0 Å². The summed E-state index contributed by atoms with van der Waals surface area (Å²) in [6.45, 7) is 1.39. The van der Waals surface area contributed by atoms with Crippen LogP contribution in [-0.2, 0) is 4.79 Å². The summed E-state index contributed by atoms with van der Waals surface area (Å²) in [7, 11) is 0. The van der Waals surface area contributed by atoms with Crippen LogP contribution in [0.15, 0.2) is 0 Å². The Morgan fingerprint density at radius 3 is 2.74 bits per heavy atom. The lowest BCUT2D eigenvalue weighted by molar-refractivity contribution is -0.137. The van der Waals surface area contributed by atoms with Crippen LogP contribution in [0.4, 0.5) is 4.79 Å². The fourth-order valence-corrected chi connectivity index (χ4v) is 3.90. The zero-order valence-corrected chi connectivity index (χ0v) is 12.0. The molecule has 1 saturated heterocycles. The molecule has 6 heteroatoms. The number of hydrogen-bond donors (Lipinski definition) is 2. The van der Waals surface area contributed by atoms with E-state index in [2.05, 4.69) is 5.32 Å². The molecule has 0 aromatic heterocycles. The van der Waals surface area contributed by atoms with Gasteiger partial charge in [-0.05, 0) is 18.8 Å². The third kappa shape index (κ3) is 4.30. The number of hydrogen-bond acceptors (Lipinski definition) is 3. The Morgan fingerprint density at radius 2 is 2.05 bits per heavy atom. The van der Waals surface area contributed by atoms with E-state index in [-0.39, 0.29) is 18.5 Å². The van der Waals surface area contributed by atoms with Crippen LogP contribution in [0.25, 0.3) is 0 Å². The number of urea groups is 1. The van der Waals surface area contributed by atoms with E-state index in [1.807, 2.05) is 0 Å². The fourth-order valence-electron chi connectivity index (χ4n) is 2.84. The topological polar surface area (TPSA) is 69.6 Å². The smallest absolute Gasteiger partial charge is 0.317 e. The van der Waals surface area contributed by atoms with Crippen molar-refractivity contribution in [2.24, 2.45) is 5.92 Å². The minimum Gasteiger partial charge on any atom is -0.481 e. The van der Waals surface area contributed by atoms with E-state index in [0.29, 0.717) is 12.5 Å². The highest BCUT2D eigenvalue weighted by molar-refractivity contribution is 7.99. The molecule has 5 nitrogen and oxygen atoms in total. The number of carbonyl (C=O) groups is 2. The van der Waals surface area contributed by atoms with Crippen molar-refractivity contribution in [2.45, 2.75) is 38.1 Å². The maximum Gasteiger partial charge on any atom is 0.317 e. The molecule has 2 fully saturated rings. The van der Waals surface area contributed by atoms with Crippen LogP contribution in [0, 0.1) is 5.92 Å². The SMILES string of the molecule is O=C(O)CC1CSCCN1C(=O)NCC1CCCC1. The van der Waals surface area contributed by atoms with Gasteiger partial charge in [0.2, 0.25) is 0 Å². The Bertz CT molecular complexity index is 332. The molecule has 108 valence electrons. The standard InChI is InChI=1S/C13H22N2O3S/c16-12(17)7-11-9-19-6-5-15(11)13(18)14-8-10-3-1-2-4-10/h10-11H,1-9H2,(H,14,18)(H,16,17). The van der Waals surface area contributed by atoms with Gasteiger partial charge in [0.25, 0.3) is 0 Å². The van der Waals surface area contributed by atoms with E-state index in [1.165, 1.54) is 25.7 Å². The first-order chi connectivity index (χ1) is 9.16. The van der Waals surface area contributed by atoms with Gasteiger partial charge in [-0.3, -0.25) is 4.79 Å². The maximum absolute atomic E-state index is 12.2. The lowest BCUT2D eigenvalue weighted by atomic mass is 10.1. The van der Waals surface area contributed by atoms with Gasteiger partial charge in [-0.1, -0.05) is 12.8 Å². The van der Waals surface area contributed by atoms with Crippen molar-refractivity contribution >= 4 is 23.8 Å². The number of nitrogens with one attached hydrogen (secondary N) is 1. The number of aliphatic carboxylic acids is 1. The average molecular weight is 286 g/mol. The number of thioether (sulfide) groups is 1. The Kier molecular flexibility index (Phi) is 5.36. The fraction of sp³-hybridized carbons (Fsp3) is 0.846. The van der Waals surface area contributed by atoms with Crippen molar-refractivity contribution in [3.8, 4) is 0 Å². The highest BCUT2D eigenvalue weighted by atomic mass is 32.2. The van der Waals surface area contributed by atoms with Crippen LogP contribution in [0.2, 0.25) is 0 Å². The van der Waals surface area contributed by atoms with E-state index >= 15 is 0 Å². The lowest BCUT2D eigenvalue weighted by Crippen LogP contribution is -2.51. The van der Waals surface area contributed by atoms with Crippen LogP contribution in [0.1, 0.15) is 32.1 Å². The van der Waals surface area contributed by atoms with E-state index < -0.39 is 5.97 Å². The first-order valence-electron chi connectivity index (χ1n) is 7.01. The van der Waals surface area contributed by atoms with Gasteiger partial charge in [0.1, 0.15) is 0 Å². The molecule has 2 aliphatic rings. The van der Waals surface area contributed by atoms with E-state index in [4.69, 9.17) is 5.11 Å². The van der Waals surface area contributed by atoms with Gasteiger partial charge >= 0.3 is 12.0 Å². The molecule has 2 amide bonds. The van der Waals surface area contributed by atoms with Crippen molar-refractivity contribution < 1.29 is 14.7 Å². The van der Waals surface area contributed by atoms with Crippen LogP contribution >= 0.6 is 11.8 Å². The van der Waals surface area contributed by atoms with Gasteiger partial charge in [0, 0.05) is 24.6 Å². The molecular formula is C13H22N2O3S. The molecule has 1 atom stereocenters. The lowest BCUT2D eigenvalue weighted by Gasteiger charge is -2.34. The predicted octanol–water partition coefficient (Wildman–Crippen LogP) is 1.78. The second kappa shape index (κ2) is 7.03. The molecule has 1 aliphatic carbocycles. The third-order valence-corrected chi connectivity index (χ3v) is 5.01. The summed E-state index contributed by atoms with van der Waals surface area (Å²) in [6, 6.07) is -0.252. The zero-order valence-electron chi connectivity index (χ0n) is 11.1. The maximum atomic E-state index is 12.2. The molecule has 0 bridgehead atoms. The number of carboxylic acids is 1. The summed E-state index contributed by atoms with van der Waals surface area (Å²) in [6.07, 6.45) is 4.98. The highest BCUT2D eigenvalue weighted by Gasteiger charge is 2.29. The Labute approximate surface area is 118 Å². The summed E-state index contributed by atoms with van der Waals surface area (Å²) < 4.78 is 0. The zero-order chi connectivity index (χ0) is 13.7. The van der Waals surface area contributed by atoms with Gasteiger partial charge < -0.3 is 15.3 Å². The van der Waals surface area contributed by atoms with E-state index in [9.17, 15) is 9.59 Å². The van der Waals surface area contributed by atoms with Crippen molar-refractivity contribution in [3.05, 3.63) is 0 Å². The van der Waals surface area contributed by atoms with Crippen LogP contribution in [0.5, 0.6) is 0 Å². The number of carbonyl (C=O) groups excluding carboxylic acids is 1. The van der Waals surface area contributed by atoms with E-state index in [0.717, 1.165) is 18.1 Å². The Balaban J connectivity index is 1.82. The summed E-state index contributed by atoms with van der Waals surface area (Å²) in [4.78, 5) is 24.7. The normalized spacial score (nSPS) is 24.4. The highest BCUT2D eigenvalue weighted by Crippen LogP contribution is 2.24. The summed E-state index contributed by atoms with van der Waals surface area (Å²) in [5, 5.41) is 11.9. The van der Waals surface area contributed by atoms with Gasteiger partial charge in [0.15, 0.2) is 0 Å². The minimum atomic E-state index is -0.832. The minimum absolute atomic E-state index is 0.0455. The van der Waals surface area contributed by atoms with Crippen LogP contribution in [0.3, 0.4) is 0 Å².